The van der Waals surface area contributed by atoms with Crippen molar-refractivity contribution in [1.29, 1.82) is 5.26 Å². The van der Waals surface area contributed by atoms with Crippen molar-refractivity contribution in [3.8, 4) is 17.6 Å². The molecule has 124 valence electrons. The van der Waals surface area contributed by atoms with E-state index in [9.17, 15) is 4.79 Å². The number of carbonyl (C=O) groups is 1. The minimum Gasteiger partial charge on any atom is -0.497 e. The fourth-order valence-electron chi connectivity index (χ4n) is 2.02. The first kappa shape index (κ1) is 17.6. The van der Waals surface area contributed by atoms with Crippen molar-refractivity contribution in [2.45, 2.75) is 6.42 Å². The quantitative estimate of drug-likeness (QED) is 0.838. The number of ether oxygens (including phenoxy) is 2. The van der Waals surface area contributed by atoms with Gasteiger partial charge in [-0.3, -0.25) is 4.79 Å². The van der Waals surface area contributed by atoms with Crippen molar-refractivity contribution in [1.82, 2.24) is 5.32 Å². The summed E-state index contributed by atoms with van der Waals surface area (Å²) in [6.07, 6.45) is 0.716. The number of hydrogen-bond donors (Lipinski definition) is 1. The lowest BCUT2D eigenvalue weighted by Gasteiger charge is -2.09. The van der Waals surface area contributed by atoms with Crippen LogP contribution in [0, 0.1) is 11.3 Å². The fourth-order valence-corrected chi connectivity index (χ4v) is 2.26. The number of nitriles is 1. The number of methoxy groups -OCH3 is 1. The summed E-state index contributed by atoms with van der Waals surface area (Å²) < 4.78 is 10.5. The zero-order chi connectivity index (χ0) is 17.4. The maximum absolute atomic E-state index is 11.8. The summed E-state index contributed by atoms with van der Waals surface area (Å²) in [4.78, 5) is 11.8. The number of nitrogens with one attached hydrogen (secondary N) is 1. The van der Waals surface area contributed by atoms with Gasteiger partial charge in [-0.15, -0.1) is 0 Å². The lowest BCUT2D eigenvalue weighted by Crippen LogP contribution is -2.30. The lowest BCUT2D eigenvalue weighted by molar-refractivity contribution is -0.123. The van der Waals surface area contributed by atoms with Crippen molar-refractivity contribution < 1.29 is 14.3 Å². The molecule has 0 unspecified atom stereocenters. The van der Waals surface area contributed by atoms with Crippen LogP contribution in [0.4, 0.5) is 0 Å². The van der Waals surface area contributed by atoms with Crippen LogP contribution in [0.25, 0.3) is 0 Å². The maximum Gasteiger partial charge on any atom is 0.257 e. The van der Waals surface area contributed by atoms with Crippen LogP contribution in [0.15, 0.2) is 42.5 Å². The van der Waals surface area contributed by atoms with Crippen molar-refractivity contribution in [2.75, 3.05) is 20.3 Å². The Labute approximate surface area is 145 Å². The van der Waals surface area contributed by atoms with E-state index in [0.29, 0.717) is 29.3 Å². The molecule has 24 heavy (non-hydrogen) atoms. The first-order chi connectivity index (χ1) is 11.6. The predicted octanol–water partition coefficient (Wildman–Crippen LogP) is 2.96. The fraction of sp³-hybridized carbons (Fsp3) is 0.222. The minimum absolute atomic E-state index is 0.131. The van der Waals surface area contributed by atoms with E-state index < -0.39 is 0 Å². The number of benzene rings is 2. The molecule has 0 aliphatic carbocycles. The van der Waals surface area contributed by atoms with Gasteiger partial charge in [-0.2, -0.15) is 5.26 Å². The van der Waals surface area contributed by atoms with Gasteiger partial charge in [0, 0.05) is 6.54 Å². The van der Waals surface area contributed by atoms with Crippen molar-refractivity contribution in [2.24, 2.45) is 0 Å². The lowest BCUT2D eigenvalue weighted by atomic mass is 10.1. The summed E-state index contributed by atoms with van der Waals surface area (Å²) in [5, 5.41) is 11.9. The van der Waals surface area contributed by atoms with Crippen LogP contribution >= 0.6 is 11.6 Å². The number of rotatable bonds is 7. The summed E-state index contributed by atoms with van der Waals surface area (Å²) in [6.45, 7) is 0.379. The molecule has 0 bridgehead atoms. The van der Waals surface area contributed by atoms with E-state index in [1.54, 1.807) is 19.2 Å². The molecular formula is C18H17ClN2O3. The van der Waals surface area contributed by atoms with E-state index >= 15 is 0 Å². The maximum atomic E-state index is 11.8. The topological polar surface area (TPSA) is 71.3 Å². The highest BCUT2D eigenvalue weighted by atomic mass is 35.5. The Bertz CT molecular complexity index is 739. The standard InChI is InChI=1S/C18H17ClN2O3/c1-23-15-5-2-13(3-6-15)8-9-21-18(22)12-24-17-7-4-14(11-20)10-16(17)19/h2-7,10H,8-9,12H2,1H3,(H,21,22). The van der Waals surface area contributed by atoms with Crippen LogP contribution in [0.2, 0.25) is 5.02 Å². The molecule has 0 spiro atoms. The van der Waals surface area contributed by atoms with Gasteiger partial charge in [0.1, 0.15) is 11.5 Å². The predicted molar refractivity (Wildman–Crippen MR) is 91.4 cm³/mol. The Hall–Kier alpha value is -2.71. The van der Waals surface area contributed by atoms with Gasteiger partial charge >= 0.3 is 0 Å². The Morgan fingerprint density at radius 3 is 2.62 bits per heavy atom. The molecule has 0 fully saturated rings. The van der Waals surface area contributed by atoms with Crippen LogP contribution in [-0.4, -0.2) is 26.2 Å². The smallest absolute Gasteiger partial charge is 0.257 e. The molecule has 1 amide bonds. The zero-order valence-corrected chi connectivity index (χ0v) is 14.0. The second kappa shape index (κ2) is 8.80. The van der Waals surface area contributed by atoms with Gasteiger partial charge in [0.2, 0.25) is 0 Å². The van der Waals surface area contributed by atoms with Crippen LogP contribution in [0.3, 0.4) is 0 Å². The molecular weight excluding hydrogens is 328 g/mol. The summed E-state index contributed by atoms with van der Waals surface area (Å²) in [7, 11) is 1.62. The van der Waals surface area contributed by atoms with E-state index in [4.69, 9.17) is 26.3 Å². The Morgan fingerprint density at radius 2 is 2.00 bits per heavy atom. The third kappa shape index (κ3) is 5.18. The third-order valence-corrected chi connectivity index (χ3v) is 3.61. The highest BCUT2D eigenvalue weighted by molar-refractivity contribution is 6.32. The summed E-state index contributed by atoms with van der Waals surface area (Å²) in [6, 6.07) is 14.3. The van der Waals surface area contributed by atoms with Gasteiger partial charge in [0.05, 0.1) is 23.8 Å². The van der Waals surface area contributed by atoms with Crippen molar-refractivity contribution >= 4 is 17.5 Å². The molecule has 2 aromatic carbocycles. The molecule has 0 aromatic heterocycles. The minimum atomic E-state index is -0.232. The average Bonchev–Trinajstić information content (AvgIpc) is 2.61. The molecule has 0 atom stereocenters. The molecule has 0 aliphatic rings. The molecule has 0 saturated heterocycles. The molecule has 2 aromatic rings. The molecule has 5 nitrogen and oxygen atoms in total. The summed E-state index contributed by atoms with van der Waals surface area (Å²) in [5.41, 5.74) is 1.54. The van der Waals surface area contributed by atoms with E-state index in [1.807, 2.05) is 30.3 Å². The molecule has 6 heteroatoms. The normalized spacial score (nSPS) is 9.88. The molecule has 0 saturated carbocycles. The van der Waals surface area contributed by atoms with Gasteiger partial charge < -0.3 is 14.8 Å². The van der Waals surface area contributed by atoms with Gasteiger partial charge in [-0.05, 0) is 42.3 Å². The van der Waals surface area contributed by atoms with Gasteiger partial charge in [-0.1, -0.05) is 23.7 Å². The average molecular weight is 345 g/mol. The van der Waals surface area contributed by atoms with Crippen LogP contribution < -0.4 is 14.8 Å². The van der Waals surface area contributed by atoms with Crippen molar-refractivity contribution in [3.63, 3.8) is 0 Å². The highest BCUT2D eigenvalue weighted by Crippen LogP contribution is 2.25. The van der Waals surface area contributed by atoms with E-state index in [2.05, 4.69) is 5.32 Å². The van der Waals surface area contributed by atoms with Crippen LogP contribution in [0.1, 0.15) is 11.1 Å². The number of amides is 1. The molecule has 0 radical (unpaired) electrons. The summed E-state index contributed by atoms with van der Waals surface area (Å²) in [5.74, 6) is 0.945. The molecule has 0 aliphatic heterocycles. The first-order valence-corrected chi connectivity index (χ1v) is 7.72. The molecule has 1 N–H and O–H groups in total. The Morgan fingerprint density at radius 1 is 1.25 bits per heavy atom. The number of hydrogen-bond acceptors (Lipinski definition) is 4. The van der Waals surface area contributed by atoms with Crippen LogP contribution in [0.5, 0.6) is 11.5 Å². The monoisotopic (exact) mass is 344 g/mol. The van der Waals surface area contributed by atoms with E-state index in [-0.39, 0.29) is 12.5 Å². The van der Waals surface area contributed by atoms with Gasteiger partial charge in [0.25, 0.3) is 5.91 Å². The number of halogens is 1. The highest BCUT2D eigenvalue weighted by Gasteiger charge is 2.06. The van der Waals surface area contributed by atoms with Gasteiger partial charge in [-0.25, -0.2) is 0 Å². The van der Waals surface area contributed by atoms with Gasteiger partial charge in [0.15, 0.2) is 6.61 Å². The Balaban J connectivity index is 1.74. The number of carbonyl (C=O) groups excluding carboxylic acids is 1. The molecule has 2 rings (SSSR count). The second-order valence-corrected chi connectivity index (χ2v) is 5.40. The zero-order valence-electron chi connectivity index (χ0n) is 13.2. The SMILES string of the molecule is COc1ccc(CCNC(=O)COc2ccc(C#N)cc2Cl)cc1. The largest absolute Gasteiger partial charge is 0.497 e. The second-order valence-electron chi connectivity index (χ2n) is 4.99. The third-order valence-electron chi connectivity index (χ3n) is 3.31. The Kier molecular flexibility index (Phi) is 6.47. The van der Waals surface area contributed by atoms with E-state index in [0.717, 1.165) is 11.3 Å². The number of nitrogens with zero attached hydrogens (tertiary/aromatic N) is 1. The first-order valence-electron chi connectivity index (χ1n) is 7.34. The van der Waals surface area contributed by atoms with E-state index in [1.165, 1.54) is 6.07 Å². The molecule has 0 heterocycles. The van der Waals surface area contributed by atoms with Crippen molar-refractivity contribution in [3.05, 3.63) is 58.6 Å². The summed E-state index contributed by atoms with van der Waals surface area (Å²) >= 11 is 5.98. The van der Waals surface area contributed by atoms with Crippen LogP contribution in [-0.2, 0) is 11.2 Å².